The normalized spacial score (nSPS) is 13.0. The summed E-state index contributed by atoms with van der Waals surface area (Å²) in [7, 11) is -3.35. The predicted molar refractivity (Wildman–Crippen MR) is 113 cm³/mol. The Morgan fingerprint density at radius 1 is 1.07 bits per heavy atom. The van der Waals surface area contributed by atoms with E-state index in [2.05, 4.69) is 15.4 Å². The molecule has 7 nitrogen and oxygen atoms in total. The van der Waals surface area contributed by atoms with Crippen LogP contribution in [0, 0.1) is 0 Å². The fourth-order valence-electron chi connectivity index (χ4n) is 2.17. The van der Waals surface area contributed by atoms with E-state index in [1.54, 1.807) is 45.0 Å². The molecule has 0 bridgehead atoms. The number of sulfonamides is 1. The molecule has 0 aliphatic heterocycles. The topological polar surface area (TPSA) is 104 Å². The zero-order valence-corrected chi connectivity index (χ0v) is 18.3. The van der Waals surface area contributed by atoms with Gasteiger partial charge < -0.3 is 10.6 Å². The van der Waals surface area contributed by atoms with E-state index < -0.39 is 14.8 Å². The SMILES string of the molecule is CCC(C)NC(=O)c1ccc(NC(=O)CCCCNS(=O)(=O)C(C)(C)C)cc1. The van der Waals surface area contributed by atoms with Crippen LogP contribution in [-0.2, 0) is 14.8 Å². The number of rotatable bonds is 10. The summed E-state index contributed by atoms with van der Waals surface area (Å²) < 4.78 is 25.6. The second-order valence-electron chi connectivity index (χ2n) is 7.88. The van der Waals surface area contributed by atoms with Gasteiger partial charge >= 0.3 is 0 Å². The van der Waals surface area contributed by atoms with Crippen LogP contribution in [0.15, 0.2) is 24.3 Å². The largest absolute Gasteiger partial charge is 0.350 e. The minimum absolute atomic E-state index is 0.111. The van der Waals surface area contributed by atoms with Crippen molar-refractivity contribution in [2.75, 3.05) is 11.9 Å². The molecular weight excluding hydrogens is 378 g/mol. The number of benzene rings is 1. The molecule has 0 radical (unpaired) electrons. The van der Waals surface area contributed by atoms with Crippen LogP contribution < -0.4 is 15.4 Å². The lowest BCUT2D eigenvalue weighted by Gasteiger charge is -2.19. The fraction of sp³-hybridized carbons (Fsp3) is 0.600. The molecule has 0 fully saturated rings. The Balaban J connectivity index is 2.37. The van der Waals surface area contributed by atoms with Crippen LogP contribution in [0.3, 0.4) is 0 Å². The third-order valence-electron chi connectivity index (χ3n) is 4.35. The van der Waals surface area contributed by atoms with Crippen molar-refractivity contribution in [3.05, 3.63) is 29.8 Å². The van der Waals surface area contributed by atoms with Crippen molar-refractivity contribution in [3.63, 3.8) is 0 Å². The van der Waals surface area contributed by atoms with E-state index in [9.17, 15) is 18.0 Å². The average molecular weight is 412 g/mol. The maximum Gasteiger partial charge on any atom is 0.251 e. The molecule has 3 N–H and O–H groups in total. The molecule has 1 aromatic rings. The quantitative estimate of drug-likeness (QED) is 0.515. The number of hydrogen-bond acceptors (Lipinski definition) is 4. The van der Waals surface area contributed by atoms with Gasteiger partial charge in [0.25, 0.3) is 5.91 Å². The van der Waals surface area contributed by atoms with E-state index in [0.717, 1.165) is 6.42 Å². The van der Waals surface area contributed by atoms with E-state index >= 15 is 0 Å². The van der Waals surface area contributed by atoms with Gasteiger partial charge in [0, 0.05) is 30.3 Å². The molecular formula is C20H33N3O4S. The molecule has 28 heavy (non-hydrogen) atoms. The number of carbonyl (C=O) groups excluding carboxylic acids is 2. The summed E-state index contributed by atoms with van der Waals surface area (Å²) >= 11 is 0. The molecule has 1 atom stereocenters. The van der Waals surface area contributed by atoms with Crippen molar-refractivity contribution >= 4 is 27.5 Å². The lowest BCUT2D eigenvalue weighted by Crippen LogP contribution is -2.39. The summed E-state index contributed by atoms with van der Waals surface area (Å²) in [6.45, 7) is 9.18. The van der Waals surface area contributed by atoms with E-state index in [1.807, 2.05) is 13.8 Å². The first-order chi connectivity index (χ1) is 13.0. The molecule has 0 aromatic heterocycles. The Labute approximate surface area is 168 Å². The lowest BCUT2D eigenvalue weighted by atomic mass is 10.1. The summed E-state index contributed by atoms with van der Waals surface area (Å²) in [6.07, 6.45) is 2.32. The van der Waals surface area contributed by atoms with E-state index in [1.165, 1.54) is 0 Å². The van der Waals surface area contributed by atoms with Gasteiger partial charge in [-0.2, -0.15) is 0 Å². The maximum atomic E-state index is 12.0. The minimum atomic E-state index is -3.35. The first-order valence-electron chi connectivity index (χ1n) is 9.66. The maximum absolute atomic E-state index is 12.0. The molecule has 0 heterocycles. The molecule has 0 aliphatic rings. The van der Waals surface area contributed by atoms with Crippen molar-refractivity contribution in [3.8, 4) is 0 Å². The van der Waals surface area contributed by atoms with Gasteiger partial charge in [-0.3, -0.25) is 9.59 Å². The van der Waals surface area contributed by atoms with Crippen molar-refractivity contribution in [2.24, 2.45) is 0 Å². The zero-order valence-electron chi connectivity index (χ0n) is 17.5. The van der Waals surface area contributed by atoms with Crippen LogP contribution >= 0.6 is 0 Å². The smallest absolute Gasteiger partial charge is 0.251 e. The monoisotopic (exact) mass is 411 g/mol. The fourth-order valence-corrected chi connectivity index (χ4v) is 3.02. The summed E-state index contributed by atoms with van der Waals surface area (Å²) in [5, 5.41) is 5.67. The van der Waals surface area contributed by atoms with Crippen molar-refractivity contribution < 1.29 is 18.0 Å². The summed E-state index contributed by atoms with van der Waals surface area (Å²) in [6, 6.07) is 6.85. The van der Waals surface area contributed by atoms with Gasteiger partial charge in [0.2, 0.25) is 15.9 Å². The Morgan fingerprint density at radius 2 is 1.68 bits per heavy atom. The van der Waals surface area contributed by atoms with Crippen LogP contribution in [0.25, 0.3) is 0 Å². The number of nitrogens with one attached hydrogen (secondary N) is 3. The Kier molecular flexibility index (Phi) is 9.10. The van der Waals surface area contributed by atoms with Gasteiger partial charge in [0.05, 0.1) is 4.75 Å². The molecule has 2 amide bonds. The van der Waals surface area contributed by atoms with Crippen LogP contribution in [0.2, 0.25) is 0 Å². The molecule has 0 aliphatic carbocycles. The first-order valence-corrected chi connectivity index (χ1v) is 11.1. The molecule has 0 saturated heterocycles. The number of hydrogen-bond donors (Lipinski definition) is 3. The van der Waals surface area contributed by atoms with Gasteiger partial charge in [-0.05, 0) is 71.2 Å². The molecule has 1 rings (SSSR count). The zero-order chi connectivity index (χ0) is 21.4. The Bertz CT molecular complexity index is 753. The second-order valence-corrected chi connectivity index (χ2v) is 10.4. The average Bonchev–Trinajstić information content (AvgIpc) is 2.60. The van der Waals surface area contributed by atoms with E-state index in [4.69, 9.17) is 0 Å². The molecule has 0 saturated carbocycles. The van der Waals surface area contributed by atoms with E-state index in [0.29, 0.717) is 37.1 Å². The number of amides is 2. The van der Waals surface area contributed by atoms with Gasteiger partial charge in [-0.15, -0.1) is 0 Å². The second kappa shape index (κ2) is 10.6. The highest BCUT2D eigenvalue weighted by atomic mass is 32.2. The Hall–Kier alpha value is -1.93. The number of carbonyl (C=O) groups is 2. The third-order valence-corrected chi connectivity index (χ3v) is 6.55. The Morgan fingerprint density at radius 3 is 2.21 bits per heavy atom. The van der Waals surface area contributed by atoms with E-state index in [-0.39, 0.29) is 17.9 Å². The molecule has 8 heteroatoms. The summed E-state index contributed by atoms with van der Waals surface area (Å²) in [5.74, 6) is -0.277. The molecule has 1 aromatic carbocycles. The standard InChI is InChI=1S/C20H33N3O4S/c1-6-15(2)22-19(25)16-10-12-17(13-11-16)23-18(24)9-7-8-14-21-28(26,27)20(3,4)5/h10-13,15,21H,6-9,14H2,1-5H3,(H,22,25)(H,23,24). The lowest BCUT2D eigenvalue weighted by molar-refractivity contribution is -0.116. The van der Waals surface area contributed by atoms with Crippen molar-refractivity contribution in [1.82, 2.24) is 10.0 Å². The van der Waals surface area contributed by atoms with Crippen molar-refractivity contribution in [1.29, 1.82) is 0 Å². The highest BCUT2D eigenvalue weighted by molar-refractivity contribution is 7.90. The predicted octanol–water partition coefficient (Wildman–Crippen LogP) is 3.04. The number of unbranched alkanes of at least 4 members (excludes halogenated alkanes) is 1. The van der Waals surface area contributed by atoms with Gasteiger partial charge in [-0.1, -0.05) is 6.92 Å². The van der Waals surface area contributed by atoms with Gasteiger partial charge in [-0.25, -0.2) is 13.1 Å². The highest BCUT2D eigenvalue weighted by Gasteiger charge is 2.27. The van der Waals surface area contributed by atoms with Crippen LogP contribution in [-0.4, -0.2) is 37.6 Å². The summed E-state index contributed by atoms with van der Waals surface area (Å²) in [5.41, 5.74) is 1.17. The van der Waals surface area contributed by atoms with Crippen LogP contribution in [0.5, 0.6) is 0 Å². The van der Waals surface area contributed by atoms with Crippen molar-refractivity contribution in [2.45, 2.75) is 71.1 Å². The van der Waals surface area contributed by atoms with Crippen LogP contribution in [0.4, 0.5) is 5.69 Å². The highest BCUT2D eigenvalue weighted by Crippen LogP contribution is 2.13. The van der Waals surface area contributed by atoms with Gasteiger partial charge in [0.1, 0.15) is 0 Å². The molecule has 0 spiro atoms. The van der Waals surface area contributed by atoms with Gasteiger partial charge in [0.15, 0.2) is 0 Å². The minimum Gasteiger partial charge on any atom is -0.350 e. The summed E-state index contributed by atoms with van der Waals surface area (Å²) in [4.78, 5) is 24.0. The molecule has 158 valence electrons. The van der Waals surface area contributed by atoms with Crippen LogP contribution in [0.1, 0.15) is 70.7 Å². The third kappa shape index (κ3) is 7.98. The molecule has 1 unspecified atom stereocenters. The first kappa shape index (κ1) is 24.1. The number of anilines is 1.